The lowest BCUT2D eigenvalue weighted by atomic mass is 10.1. The van der Waals surface area contributed by atoms with Crippen molar-refractivity contribution >= 4 is 17.5 Å². The lowest BCUT2D eigenvalue weighted by molar-refractivity contribution is -0.117. The van der Waals surface area contributed by atoms with Crippen molar-refractivity contribution in [3.05, 3.63) is 53.6 Å². The van der Waals surface area contributed by atoms with E-state index in [-0.39, 0.29) is 24.5 Å². The van der Waals surface area contributed by atoms with Crippen molar-refractivity contribution in [2.24, 2.45) is 5.92 Å². The van der Waals surface area contributed by atoms with Gasteiger partial charge in [-0.15, -0.1) is 0 Å². The van der Waals surface area contributed by atoms with Gasteiger partial charge in [0.15, 0.2) is 11.5 Å². The topological polar surface area (TPSA) is 76.7 Å². The number of carbonyl (C=O) groups excluding carboxylic acids is 2. The SMILES string of the molecule is O=C(NCc1ccc2c(c1)OCO2)c1cccc(NC(=O)C2CC2)c1. The Morgan fingerprint density at radius 1 is 1.04 bits per heavy atom. The Labute approximate surface area is 145 Å². The highest BCUT2D eigenvalue weighted by atomic mass is 16.7. The van der Waals surface area contributed by atoms with Gasteiger partial charge in [-0.1, -0.05) is 12.1 Å². The molecular weight excluding hydrogens is 320 g/mol. The Hall–Kier alpha value is -3.02. The zero-order chi connectivity index (χ0) is 17.2. The smallest absolute Gasteiger partial charge is 0.251 e. The van der Waals surface area contributed by atoms with Gasteiger partial charge in [-0.2, -0.15) is 0 Å². The fourth-order valence-electron chi connectivity index (χ4n) is 2.66. The molecule has 2 aromatic rings. The van der Waals surface area contributed by atoms with E-state index < -0.39 is 0 Å². The molecule has 128 valence electrons. The number of amides is 2. The van der Waals surface area contributed by atoms with Crippen molar-refractivity contribution < 1.29 is 19.1 Å². The second-order valence-electron chi connectivity index (χ2n) is 6.21. The number of hydrogen-bond donors (Lipinski definition) is 2. The highest BCUT2D eigenvalue weighted by molar-refractivity contribution is 5.98. The van der Waals surface area contributed by atoms with Gasteiger partial charge in [0.1, 0.15) is 0 Å². The van der Waals surface area contributed by atoms with Crippen LogP contribution in [0, 0.1) is 5.92 Å². The third-order valence-corrected chi connectivity index (χ3v) is 4.23. The summed E-state index contributed by atoms with van der Waals surface area (Å²) in [7, 11) is 0. The van der Waals surface area contributed by atoms with Crippen LogP contribution < -0.4 is 20.1 Å². The number of fused-ring (bicyclic) bond motifs is 1. The van der Waals surface area contributed by atoms with Crippen LogP contribution in [0.1, 0.15) is 28.8 Å². The fourth-order valence-corrected chi connectivity index (χ4v) is 2.66. The third-order valence-electron chi connectivity index (χ3n) is 4.23. The van der Waals surface area contributed by atoms with Crippen molar-refractivity contribution in [3.8, 4) is 11.5 Å². The molecule has 4 rings (SSSR count). The van der Waals surface area contributed by atoms with Gasteiger partial charge in [-0.05, 0) is 48.7 Å². The Morgan fingerprint density at radius 2 is 1.88 bits per heavy atom. The Kier molecular flexibility index (Phi) is 4.01. The first kappa shape index (κ1) is 15.5. The lowest BCUT2D eigenvalue weighted by Crippen LogP contribution is -2.23. The van der Waals surface area contributed by atoms with Crippen molar-refractivity contribution in [2.45, 2.75) is 19.4 Å². The molecule has 1 aliphatic carbocycles. The minimum atomic E-state index is -0.194. The molecule has 0 unspecified atom stereocenters. The standard InChI is InChI=1S/C19H18N2O4/c22-18(20-10-12-4-7-16-17(8-12)25-11-24-16)14-2-1-3-15(9-14)21-19(23)13-5-6-13/h1-4,7-9,13H,5-6,10-11H2,(H,20,22)(H,21,23). The molecule has 0 atom stereocenters. The van der Waals surface area contributed by atoms with E-state index in [4.69, 9.17) is 9.47 Å². The average Bonchev–Trinajstić information content (AvgIpc) is 3.38. The molecule has 0 saturated heterocycles. The van der Waals surface area contributed by atoms with E-state index in [1.807, 2.05) is 18.2 Å². The van der Waals surface area contributed by atoms with Crippen LogP contribution in [0.15, 0.2) is 42.5 Å². The molecule has 0 spiro atoms. The number of benzene rings is 2. The van der Waals surface area contributed by atoms with E-state index in [2.05, 4.69) is 10.6 Å². The van der Waals surface area contributed by atoms with Gasteiger partial charge >= 0.3 is 0 Å². The van der Waals surface area contributed by atoms with Crippen molar-refractivity contribution in [3.63, 3.8) is 0 Å². The molecule has 0 radical (unpaired) electrons. The number of anilines is 1. The molecule has 2 amide bonds. The van der Waals surface area contributed by atoms with Crippen molar-refractivity contribution in [1.29, 1.82) is 0 Å². The van der Waals surface area contributed by atoms with E-state index in [1.54, 1.807) is 24.3 Å². The molecular formula is C19H18N2O4. The normalized spacial score (nSPS) is 14.9. The summed E-state index contributed by atoms with van der Waals surface area (Å²) in [6.45, 7) is 0.610. The van der Waals surface area contributed by atoms with Crippen LogP contribution in [0.25, 0.3) is 0 Å². The maximum Gasteiger partial charge on any atom is 0.251 e. The predicted octanol–water partition coefficient (Wildman–Crippen LogP) is 2.69. The number of carbonyl (C=O) groups is 2. The van der Waals surface area contributed by atoms with Gasteiger partial charge in [0, 0.05) is 23.7 Å². The van der Waals surface area contributed by atoms with Crippen LogP contribution in [0.4, 0.5) is 5.69 Å². The van der Waals surface area contributed by atoms with Crippen LogP contribution in [0.3, 0.4) is 0 Å². The number of hydrogen-bond acceptors (Lipinski definition) is 4. The van der Waals surface area contributed by atoms with Crippen LogP contribution in [0.5, 0.6) is 11.5 Å². The van der Waals surface area contributed by atoms with Crippen LogP contribution in [-0.2, 0) is 11.3 Å². The van der Waals surface area contributed by atoms with E-state index in [9.17, 15) is 9.59 Å². The summed E-state index contributed by atoms with van der Waals surface area (Å²) in [6.07, 6.45) is 1.89. The zero-order valence-electron chi connectivity index (χ0n) is 13.6. The minimum absolute atomic E-state index is 0.0259. The molecule has 0 bridgehead atoms. The van der Waals surface area contributed by atoms with Crippen LogP contribution in [0.2, 0.25) is 0 Å². The second kappa shape index (κ2) is 6.47. The molecule has 2 aliphatic rings. The van der Waals surface area contributed by atoms with E-state index in [1.165, 1.54) is 0 Å². The number of ether oxygens (including phenoxy) is 2. The summed E-state index contributed by atoms with van der Waals surface area (Å²) in [5.74, 6) is 1.37. The second-order valence-corrected chi connectivity index (χ2v) is 6.21. The van der Waals surface area contributed by atoms with Gasteiger partial charge < -0.3 is 20.1 Å². The highest BCUT2D eigenvalue weighted by Gasteiger charge is 2.29. The van der Waals surface area contributed by atoms with E-state index >= 15 is 0 Å². The van der Waals surface area contributed by atoms with Crippen LogP contribution in [-0.4, -0.2) is 18.6 Å². The minimum Gasteiger partial charge on any atom is -0.454 e. The molecule has 1 heterocycles. The molecule has 1 aliphatic heterocycles. The molecule has 2 N–H and O–H groups in total. The summed E-state index contributed by atoms with van der Waals surface area (Å²) in [5.41, 5.74) is 2.08. The highest BCUT2D eigenvalue weighted by Crippen LogP contribution is 2.32. The van der Waals surface area contributed by atoms with Crippen molar-refractivity contribution in [2.75, 3.05) is 12.1 Å². The summed E-state index contributed by atoms with van der Waals surface area (Å²) >= 11 is 0. The molecule has 2 aromatic carbocycles. The van der Waals surface area contributed by atoms with Gasteiger partial charge in [-0.3, -0.25) is 9.59 Å². The van der Waals surface area contributed by atoms with Gasteiger partial charge in [0.25, 0.3) is 5.91 Å². The molecule has 25 heavy (non-hydrogen) atoms. The van der Waals surface area contributed by atoms with E-state index in [0.29, 0.717) is 29.3 Å². The van der Waals surface area contributed by atoms with Gasteiger partial charge in [-0.25, -0.2) is 0 Å². The maximum atomic E-state index is 12.4. The first-order valence-electron chi connectivity index (χ1n) is 8.27. The predicted molar refractivity (Wildman–Crippen MR) is 91.5 cm³/mol. The largest absolute Gasteiger partial charge is 0.454 e. The number of nitrogens with one attached hydrogen (secondary N) is 2. The molecule has 1 fully saturated rings. The first-order valence-corrected chi connectivity index (χ1v) is 8.27. The lowest BCUT2D eigenvalue weighted by Gasteiger charge is -2.09. The fraction of sp³-hybridized carbons (Fsp3) is 0.263. The quantitative estimate of drug-likeness (QED) is 0.879. The monoisotopic (exact) mass is 338 g/mol. The van der Waals surface area contributed by atoms with Crippen molar-refractivity contribution in [1.82, 2.24) is 5.32 Å². The average molecular weight is 338 g/mol. The maximum absolute atomic E-state index is 12.4. The van der Waals surface area contributed by atoms with Gasteiger partial charge in [0.05, 0.1) is 0 Å². The molecule has 1 saturated carbocycles. The zero-order valence-corrected chi connectivity index (χ0v) is 13.6. The third kappa shape index (κ3) is 3.57. The first-order chi connectivity index (χ1) is 12.2. The number of rotatable bonds is 5. The molecule has 6 nitrogen and oxygen atoms in total. The Morgan fingerprint density at radius 3 is 2.72 bits per heavy atom. The summed E-state index contributed by atoms with van der Waals surface area (Å²) in [5, 5.41) is 5.73. The van der Waals surface area contributed by atoms with Gasteiger partial charge in [0.2, 0.25) is 12.7 Å². The summed E-state index contributed by atoms with van der Waals surface area (Å²) < 4.78 is 10.6. The summed E-state index contributed by atoms with van der Waals surface area (Å²) in [6, 6.07) is 12.5. The summed E-state index contributed by atoms with van der Waals surface area (Å²) in [4.78, 5) is 24.2. The van der Waals surface area contributed by atoms with Crippen LogP contribution >= 0.6 is 0 Å². The van der Waals surface area contributed by atoms with E-state index in [0.717, 1.165) is 18.4 Å². The molecule has 6 heteroatoms. The Bertz CT molecular complexity index is 830. The molecule has 0 aromatic heterocycles. The Balaban J connectivity index is 1.38.